The van der Waals surface area contributed by atoms with Crippen molar-refractivity contribution in [1.82, 2.24) is 0 Å². The minimum atomic E-state index is 0.511. The predicted molar refractivity (Wildman–Crippen MR) is 55.7 cm³/mol. The topological polar surface area (TPSA) is 29.1 Å². The number of anilines is 1. The quantitative estimate of drug-likeness (QED) is 0.562. The molecule has 0 atom stereocenters. The van der Waals surface area contributed by atoms with Gasteiger partial charge < -0.3 is 5.32 Å². The summed E-state index contributed by atoms with van der Waals surface area (Å²) in [6.45, 7) is 6.53. The third-order valence-electron chi connectivity index (χ3n) is 1.78. The first-order chi connectivity index (χ1) is 6.29. The molecule has 0 aliphatic heterocycles. The Morgan fingerprint density at radius 1 is 1.54 bits per heavy atom. The van der Waals surface area contributed by atoms with Crippen molar-refractivity contribution in [2.45, 2.75) is 6.92 Å². The van der Waals surface area contributed by atoms with Crippen molar-refractivity contribution < 1.29 is 4.79 Å². The minimum absolute atomic E-state index is 0.511. The van der Waals surface area contributed by atoms with Gasteiger partial charge in [-0.2, -0.15) is 0 Å². The summed E-state index contributed by atoms with van der Waals surface area (Å²) in [5, 5.41) is 3.17. The fourth-order valence-electron chi connectivity index (χ4n) is 1.17. The Morgan fingerprint density at radius 2 is 2.23 bits per heavy atom. The molecule has 0 fully saturated rings. The summed E-state index contributed by atoms with van der Waals surface area (Å²) in [7, 11) is 0. The highest BCUT2D eigenvalue weighted by molar-refractivity contribution is 6.08. The second-order valence-electron chi connectivity index (χ2n) is 2.72. The van der Waals surface area contributed by atoms with Crippen molar-refractivity contribution in [2.24, 2.45) is 0 Å². The van der Waals surface area contributed by atoms with Gasteiger partial charge in [-0.1, -0.05) is 24.8 Å². The monoisotopic (exact) mass is 175 g/mol. The molecular weight excluding hydrogens is 162 g/mol. The minimum Gasteiger partial charge on any atom is -0.385 e. The third-order valence-corrected chi connectivity index (χ3v) is 1.78. The largest absolute Gasteiger partial charge is 0.385 e. The standard InChI is InChI=1S/C11H13NO/c1-3-12-11-7-5-4-6-10(11)9(2)8-13/h4-8,12H,2-3H2,1H3. The van der Waals surface area contributed by atoms with Crippen LogP contribution in [0.2, 0.25) is 0 Å². The Kier molecular flexibility index (Phi) is 3.26. The van der Waals surface area contributed by atoms with E-state index >= 15 is 0 Å². The second-order valence-corrected chi connectivity index (χ2v) is 2.72. The molecule has 0 unspecified atom stereocenters. The van der Waals surface area contributed by atoms with Gasteiger partial charge in [0.1, 0.15) is 6.29 Å². The number of hydrogen-bond donors (Lipinski definition) is 1. The summed E-state index contributed by atoms with van der Waals surface area (Å²) in [6.07, 6.45) is 0.774. The SMILES string of the molecule is C=C(C=O)c1ccccc1NCC. The van der Waals surface area contributed by atoms with Gasteiger partial charge in [0, 0.05) is 23.4 Å². The van der Waals surface area contributed by atoms with E-state index in [4.69, 9.17) is 0 Å². The molecule has 1 rings (SSSR count). The number of carbonyl (C=O) groups is 1. The molecule has 2 heteroatoms. The number of benzene rings is 1. The number of aldehydes is 1. The molecule has 1 aromatic carbocycles. The molecule has 0 aliphatic carbocycles. The summed E-state index contributed by atoms with van der Waals surface area (Å²) in [4.78, 5) is 10.5. The fourth-order valence-corrected chi connectivity index (χ4v) is 1.17. The molecule has 0 saturated heterocycles. The zero-order valence-electron chi connectivity index (χ0n) is 7.71. The Hall–Kier alpha value is -1.57. The van der Waals surface area contributed by atoms with E-state index in [1.54, 1.807) is 0 Å². The summed E-state index contributed by atoms with van der Waals surface area (Å²) >= 11 is 0. The van der Waals surface area contributed by atoms with Crippen LogP contribution in [0.4, 0.5) is 5.69 Å². The zero-order valence-corrected chi connectivity index (χ0v) is 7.71. The van der Waals surface area contributed by atoms with E-state index in [9.17, 15) is 4.79 Å². The predicted octanol–water partition coefficient (Wildman–Crippen LogP) is 2.33. The number of hydrogen-bond acceptors (Lipinski definition) is 2. The normalized spacial score (nSPS) is 9.31. The maximum atomic E-state index is 10.5. The maximum Gasteiger partial charge on any atom is 0.150 e. The second kappa shape index (κ2) is 4.45. The Balaban J connectivity index is 3.03. The van der Waals surface area contributed by atoms with E-state index in [0.29, 0.717) is 5.57 Å². The van der Waals surface area contributed by atoms with Crippen molar-refractivity contribution in [3.8, 4) is 0 Å². The third kappa shape index (κ3) is 2.18. The fraction of sp³-hybridized carbons (Fsp3) is 0.182. The molecule has 0 bridgehead atoms. The van der Waals surface area contributed by atoms with Gasteiger partial charge in [0.05, 0.1) is 0 Å². The van der Waals surface area contributed by atoms with Gasteiger partial charge in [-0.25, -0.2) is 0 Å². The Bertz CT molecular complexity index is 318. The highest BCUT2D eigenvalue weighted by Gasteiger charge is 2.02. The zero-order chi connectivity index (χ0) is 9.68. The van der Waals surface area contributed by atoms with Crippen LogP contribution in [0.25, 0.3) is 5.57 Å². The molecule has 0 aliphatic rings. The Labute approximate surface area is 78.3 Å². The Morgan fingerprint density at radius 3 is 2.85 bits per heavy atom. The first kappa shape index (κ1) is 9.52. The molecule has 0 heterocycles. The number of rotatable bonds is 4. The summed E-state index contributed by atoms with van der Waals surface area (Å²) in [5.74, 6) is 0. The van der Waals surface area contributed by atoms with Gasteiger partial charge in [0.15, 0.2) is 0 Å². The van der Waals surface area contributed by atoms with Crippen LogP contribution in [0.1, 0.15) is 12.5 Å². The van der Waals surface area contributed by atoms with E-state index in [1.165, 1.54) is 0 Å². The molecule has 0 aromatic heterocycles. The number of nitrogens with one attached hydrogen (secondary N) is 1. The van der Waals surface area contributed by atoms with E-state index in [0.717, 1.165) is 24.1 Å². The molecule has 0 saturated carbocycles. The number of para-hydroxylation sites is 1. The van der Waals surface area contributed by atoms with Crippen LogP contribution in [0.3, 0.4) is 0 Å². The first-order valence-corrected chi connectivity index (χ1v) is 4.27. The average Bonchev–Trinajstić information content (AvgIpc) is 2.18. The van der Waals surface area contributed by atoms with E-state index in [1.807, 2.05) is 31.2 Å². The molecule has 0 radical (unpaired) electrons. The molecule has 13 heavy (non-hydrogen) atoms. The van der Waals surface area contributed by atoms with Crippen LogP contribution < -0.4 is 5.32 Å². The average molecular weight is 175 g/mol. The van der Waals surface area contributed by atoms with Crippen molar-refractivity contribution in [3.05, 3.63) is 36.4 Å². The van der Waals surface area contributed by atoms with Crippen molar-refractivity contribution >= 4 is 17.5 Å². The van der Waals surface area contributed by atoms with Crippen LogP contribution in [-0.2, 0) is 4.79 Å². The molecule has 0 spiro atoms. The van der Waals surface area contributed by atoms with Gasteiger partial charge in [-0.05, 0) is 13.0 Å². The molecule has 1 N–H and O–H groups in total. The van der Waals surface area contributed by atoms with Crippen LogP contribution in [0.5, 0.6) is 0 Å². The molecule has 1 aromatic rings. The lowest BCUT2D eigenvalue weighted by Gasteiger charge is -2.08. The maximum absolute atomic E-state index is 10.5. The van der Waals surface area contributed by atoms with Gasteiger partial charge in [-0.15, -0.1) is 0 Å². The first-order valence-electron chi connectivity index (χ1n) is 4.27. The molecular formula is C11H13NO. The van der Waals surface area contributed by atoms with Crippen LogP contribution in [0, 0.1) is 0 Å². The lowest BCUT2D eigenvalue weighted by molar-refractivity contribution is -0.103. The summed E-state index contributed by atoms with van der Waals surface area (Å²) in [6, 6.07) is 7.65. The van der Waals surface area contributed by atoms with Crippen molar-refractivity contribution in [3.63, 3.8) is 0 Å². The highest BCUT2D eigenvalue weighted by atomic mass is 16.1. The lowest BCUT2D eigenvalue weighted by Crippen LogP contribution is -2.00. The summed E-state index contributed by atoms with van der Waals surface area (Å²) < 4.78 is 0. The molecule has 0 amide bonds. The van der Waals surface area contributed by atoms with Crippen molar-refractivity contribution in [1.29, 1.82) is 0 Å². The van der Waals surface area contributed by atoms with Gasteiger partial charge >= 0.3 is 0 Å². The summed E-state index contributed by atoms with van der Waals surface area (Å²) in [5.41, 5.74) is 2.35. The smallest absolute Gasteiger partial charge is 0.150 e. The molecule has 68 valence electrons. The van der Waals surface area contributed by atoms with Crippen LogP contribution >= 0.6 is 0 Å². The lowest BCUT2D eigenvalue weighted by atomic mass is 10.1. The number of carbonyl (C=O) groups excluding carboxylic acids is 1. The van der Waals surface area contributed by atoms with Crippen LogP contribution in [-0.4, -0.2) is 12.8 Å². The van der Waals surface area contributed by atoms with E-state index in [-0.39, 0.29) is 0 Å². The van der Waals surface area contributed by atoms with Gasteiger partial charge in [-0.3, -0.25) is 4.79 Å². The van der Waals surface area contributed by atoms with Crippen molar-refractivity contribution in [2.75, 3.05) is 11.9 Å². The van der Waals surface area contributed by atoms with Crippen LogP contribution in [0.15, 0.2) is 30.8 Å². The van der Waals surface area contributed by atoms with E-state index < -0.39 is 0 Å². The molecule has 2 nitrogen and oxygen atoms in total. The van der Waals surface area contributed by atoms with Gasteiger partial charge in [0.25, 0.3) is 0 Å². The van der Waals surface area contributed by atoms with Gasteiger partial charge in [0.2, 0.25) is 0 Å². The van der Waals surface area contributed by atoms with E-state index in [2.05, 4.69) is 11.9 Å². The number of allylic oxidation sites excluding steroid dienone is 1. The highest BCUT2D eigenvalue weighted by Crippen LogP contribution is 2.20.